The summed E-state index contributed by atoms with van der Waals surface area (Å²) in [6, 6.07) is 25.7. The molecule has 0 amide bonds. The molecule has 3 aromatic carbocycles. The summed E-state index contributed by atoms with van der Waals surface area (Å²) in [5, 5.41) is 8.16. The van der Waals surface area contributed by atoms with E-state index in [1.54, 1.807) is 6.07 Å². The molecule has 0 spiro atoms. The van der Waals surface area contributed by atoms with Gasteiger partial charge >= 0.3 is 5.97 Å². The summed E-state index contributed by atoms with van der Waals surface area (Å²) in [7, 11) is 0. The molecule has 0 aliphatic carbocycles. The van der Waals surface area contributed by atoms with Gasteiger partial charge in [-0.15, -0.1) is 0 Å². The van der Waals surface area contributed by atoms with E-state index in [-0.39, 0.29) is 23.6 Å². The minimum atomic E-state index is -0.543. The quantitative estimate of drug-likeness (QED) is 0.171. The zero-order valence-electron chi connectivity index (χ0n) is 26.2. The van der Waals surface area contributed by atoms with Gasteiger partial charge in [0.25, 0.3) is 0 Å². The Morgan fingerprint density at radius 3 is 2.21 bits per heavy atom. The van der Waals surface area contributed by atoms with Gasteiger partial charge in [0, 0.05) is 36.7 Å². The van der Waals surface area contributed by atoms with Crippen LogP contribution in [-0.4, -0.2) is 21.4 Å². The molecular weight excluding hydrogens is 541 g/mol. The second-order valence-electron chi connectivity index (χ2n) is 12.9. The molecule has 0 aliphatic heterocycles. The van der Waals surface area contributed by atoms with Crippen molar-refractivity contribution >= 4 is 11.7 Å². The van der Waals surface area contributed by atoms with Crippen LogP contribution in [0.5, 0.6) is 5.88 Å². The van der Waals surface area contributed by atoms with Crippen molar-refractivity contribution in [3.63, 3.8) is 0 Å². The number of aryl methyl sites for hydroxylation is 3. The number of ether oxygens (including phenoxy) is 2. The summed E-state index contributed by atoms with van der Waals surface area (Å²) in [6.07, 6.45) is 1.27. The average Bonchev–Trinajstić information content (AvgIpc) is 3.37. The molecule has 228 valence electrons. The third kappa shape index (κ3) is 9.98. The minimum Gasteiger partial charge on any atom is -0.473 e. The lowest BCUT2D eigenvalue weighted by Gasteiger charge is -2.19. The SMILES string of the molecule is CC(C)(C)OC(=O)CCc1ccc(NCc2ccc(CCn3nc(C(C)(C)C)cc3OCc3ccccc3)cc2)cc1F. The molecule has 0 bridgehead atoms. The molecule has 0 saturated heterocycles. The first-order valence-corrected chi connectivity index (χ1v) is 14.9. The number of anilines is 1. The summed E-state index contributed by atoms with van der Waals surface area (Å²) in [6.45, 7) is 13.7. The van der Waals surface area contributed by atoms with Crippen LogP contribution in [0.15, 0.2) is 78.9 Å². The number of carbonyl (C=O) groups excluding carboxylic acids is 1. The van der Waals surface area contributed by atoms with Gasteiger partial charge in [0.2, 0.25) is 5.88 Å². The standard InChI is InChI=1S/C36H44FN3O3/c1-35(2,3)32-23-33(42-25-28-10-8-7-9-11-28)40(39-32)21-20-26-12-14-27(15-13-26)24-38-30-18-16-29(31(37)22-30)17-19-34(41)43-36(4,5)6/h7-16,18,22-23,38H,17,19-21,24-25H2,1-6H3. The fourth-order valence-electron chi connectivity index (χ4n) is 4.53. The first-order valence-electron chi connectivity index (χ1n) is 14.9. The molecule has 4 aromatic rings. The molecule has 0 saturated carbocycles. The molecule has 1 aromatic heterocycles. The molecular formula is C36H44FN3O3. The van der Waals surface area contributed by atoms with Crippen molar-refractivity contribution in [1.29, 1.82) is 0 Å². The normalized spacial score (nSPS) is 11.8. The van der Waals surface area contributed by atoms with Crippen LogP contribution in [0, 0.1) is 5.82 Å². The van der Waals surface area contributed by atoms with Crippen molar-refractivity contribution in [2.75, 3.05) is 5.32 Å². The maximum Gasteiger partial charge on any atom is 0.306 e. The van der Waals surface area contributed by atoms with Crippen LogP contribution in [0.4, 0.5) is 10.1 Å². The smallest absolute Gasteiger partial charge is 0.306 e. The third-order valence-corrected chi connectivity index (χ3v) is 6.94. The predicted octanol–water partition coefficient (Wildman–Crippen LogP) is 8.03. The topological polar surface area (TPSA) is 65.4 Å². The molecule has 0 atom stereocenters. The third-order valence-electron chi connectivity index (χ3n) is 6.94. The molecule has 4 rings (SSSR count). The van der Waals surface area contributed by atoms with E-state index >= 15 is 0 Å². The monoisotopic (exact) mass is 585 g/mol. The van der Waals surface area contributed by atoms with Crippen LogP contribution in [-0.2, 0) is 47.5 Å². The number of hydrogen-bond acceptors (Lipinski definition) is 5. The Morgan fingerprint density at radius 2 is 1.56 bits per heavy atom. The largest absolute Gasteiger partial charge is 0.473 e. The lowest BCUT2D eigenvalue weighted by molar-refractivity contribution is -0.154. The number of esters is 1. The van der Waals surface area contributed by atoms with Crippen molar-refractivity contribution in [3.05, 3.63) is 113 Å². The molecule has 0 aliphatic rings. The fraction of sp³-hybridized carbons (Fsp3) is 0.389. The van der Waals surface area contributed by atoms with Gasteiger partial charge in [0.05, 0.1) is 5.69 Å². The van der Waals surface area contributed by atoms with Crippen LogP contribution in [0.2, 0.25) is 0 Å². The lowest BCUT2D eigenvalue weighted by Crippen LogP contribution is -2.24. The molecule has 1 heterocycles. The Labute approximate surface area is 255 Å². The number of hydrogen-bond donors (Lipinski definition) is 1. The van der Waals surface area contributed by atoms with E-state index in [0.717, 1.165) is 29.1 Å². The highest BCUT2D eigenvalue weighted by Crippen LogP contribution is 2.26. The summed E-state index contributed by atoms with van der Waals surface area (Å²) < 4.78 is 28.1. The minimum absolute atomic E-state index is 0.0753. The van der Waals surface area contributed by atoms with Gasteiger partial charge in [0.1, 0.15) is 18.0 Å². The van der Waals surface area contributed by atoms with E-state index in [1.165, 1.54) is 11.6 Å². The number of nitrogens with one attached hydrogen (secondary N) is 1. The molecule has 6 nitrogen and oxygen atoms in total. The summed E-state index contributed by atoms with van der Waals surface area (Å²) in [5.74, 6) is 0.121. The van der Waals surface area contributed by atoms with Crippen molar-refractivity contribution in [3.8, 4) is 5.88 Å². The Kier molecular flexibility index (Phi) is 10.3. The Bertz CT molecular complexity index is 1480. The predicted molar refractivity (Wildman–Crippen MR) is 170 cm³/mol. The number of aromatic nitrogens is 2. The summed E-state index contributed by atoms with van der Waals surface area (Å²) in [5.41, 5.74) is 5.00. The van der Waals surface area contributed by atoms with E-state index in [4.69, 9.17) is 14.6 Å². The van der Waals surface area contributed by atoms with Crippen LogP contribution in [0.1, 0.15) is 75.9 Å². The zero-order valence-corrected chi connectivity index (χ0v) is 26.2. The Morgan fingerprint density at radius 1 is 0.860 bits per heavy atom. The van der Waals surface area contributed by atoms with Crippen molar-refractivity contribution < 1.29 is 18.7 Å². The first-order chi connectivity index (χ1) is 20.4. The van der Waals surface area contributed by atoms with E-state index in [0.29, 0.717) is 37.4 Å². The van der Waals surface area contributed by atoms with Crippen LogP contribution in [0.25, 0.3) is 0 Å². The fourth-order valence-corrected chi connectivity index (χ4v) is 4.53. The second-order valence-corrected chi connectivity index (χ2v) is 12.9. The highest BCUT2D eigenvalue weighted by atomic mass is 19.1. The van der Waals surface area contributed by atoms with Gasteiger partial charge in [-0.05, 0) is 68.0 Å². The van der Waals surface area contributed by atoms with Gasteiger partial charge in [-0.25, -0.2) is 9.07 Å². The molecule has 7 heteroatoms. The molecule has 43 heavy (non-hydrogen) atoms. The number of halogens is 1. The van der Waals surface area contributed by atoms with Gasteiger partial charge in [-0.2, -0.15) is 5.10 Å². The average molecular weight is 586 g/mol. The first kappa shape index (κ1) is 31.8. The second kappa shape index (κ2) is 13.9. The maximum absolute atomic E-state index is 14.7. The van der Waals surface area contributed by atoms with E-state index in [1.807, 2.05) is 55.8 Å². The Balaban J connectivity index is 1.30. The summed E-state index contributed by atoms with van der Waals surface area (Å²) >= 11 is 0. The Hall–Kier alpha value is -4.13. The number of benzene rings is 3. The summed E-state index contributed by atoms with van der Waals surface area (Å²) in [4.78, 5) is 12.0. The number of nitrogens with zero attached hydrogens (tertiary/aromatic N) is 2. The molecule has 1 N–H and O–H groups in total. The number of carbonyl (C=O) groups is 1. The van der Waals surface area contributed by atoms with E-state index in [2.05, 4.69) is 62.5 Å². The van der Waals surface area contributed by atoms with E-state index < -0.39 is 5.60 Å². The highest BCUT2D eigenvalue weighted by Gasteiger charge is 2.21. The van der Waals surface area contributed by atoms with Crippen molar-refractivity contribution in [1.82, 2.24) is 9.78 Å². The van der Waals surface area contributed by atoms with Gasteiger partial charge < -0.3 is 14.8 Å². The van der Waals surface area contributed by atoms with Crippen molar-refractivity contribution in [2.45, 2.75) is 91.5 Å². The van der Waals surface area contributed by atoms with Crippen LogP contribution < -0.4 is 10.1 Å². The van der Waals surface area contributed by atoms with Crippen LogP contribution in [0.3, 0.4) is 0 Å². The van der Waals surface area contributed by atoms with E-state index in [9.17, 15) is 9.18 Å². The van der Waals surface area contributed by atoms with Gasteiger partial charge in [-0.3, -0.25) is 4.79 Å². The number of rotatable bonds is 12. The highest BCUT2D eigenvalue weighted by molar-refractivity contribution is 5.70. The van der Waals surface area contributed by atoms with Crippen molar-refractivity contribution in [2.24, 2.45) is 0 Å². The zero-order chi connectivity index (χ0) is 31.0. The van der Waals surface area contributed by atoms with Gasteiger partial charge in [0.15, 0.2) is 0 Å². The molecule has 0 unspecified atom stereocenters. The maximum atomic E-state index is 14.7. The van der Waals surface area contributed by atoms with Gasteiger partial charge in [-0.1, -0.05) is 81.4 Å². The lowest BCUT2D eigenvalue weighted by atomic mass is 9.93. The van der Waals surface area contributed by atoms with Crippen LogP contribution >= 0.6 is 0 Å². The molecule has 0 radical (unpaired) electrons. The molecule has 0 fully saturated rings.